The summed E-state index contributed by atoms with van der Waals surface area (Å²) in [7, 11) is 1.84. The minimum Gasteiger partial charge on any atom is -0.304 e. The van der Waals surface area contributed by atoms with E-state index in [1.165, 1.54) is 11.3 Å². The van der Waals surface area contributed by atoms with Crippen molar-refractivity contribution in [2.24, 2.45) is 17.1 Å². The van der Waals surface area contributed by atoms with Gasteiger partial charge in [0, 0.05) is 34.1 Å². The first kappa shape index (κ1) is 26.9. The second-order valence-corrected chi connectivity index (χ2v) is 11.7. The van der Waals surface area contributed by atoms with Gasteiger partial charge < -0.3 is 4.90 Å². The third-order valence-corrected chi connectivity index (χ3v) is 8.40. The zero-order valence-corrected chi connectivity index (χ0v) is 25.3. The van der Waals surface area contributed by atoms with Gasteiger partial charge in [-0.3, -0.25) is 14.3 Å². The van der Waals surface area contributed by atoms with Gasteiger partial charge in [-0.15, -0.1) is 11.3 Å². The van der Waals surface area contributed by atoms with Crippen LogP contribution in [0.1, 0.15) is 25.1 Å². The van der Waals surface area contributed by atoms with E-state index in [9.17, 15) is 9.59 Å². The number of fused-ring (bicyclic) bond motifs is 1. The number of benzene rings is 3. The molecule has 5 aromatic rings. The summed E-state index contributed by atoms with van der Waals surface area (Å²) in [5.41, 5.74) is 5.12. The van der Waals surface area contributed by atoms with E-state index in [0.29, 0.717) is 21.9 Å². The fourth-order valence-electron chi connectivity index (χ4n) is 5.03. The highest BCUT2D eigenvalue weighted by Gasteiger charge is 2.35. The molecule has 3 heterocycles. The third kappa shape index (κ3) is 4.62. The number of hydrogen-bond donors (Lipinski definition) is 0. The molecule has 0 saturated carbocycles. The zero-order valence-electron chi connectivity index (χ0n) is 22.9. The van der Waals surface area contributed by atoms with Crippen molar-refractivity contribution in [1.82, 2.24) is 14.0 Å². The second kappa shape index (κ2) is 10.6. The standard InChI is InChI=1S/C31H27BrN6O2S/c1-19(2)36-25-16-9-8-15-24(25)28(29(36)39)34-37-26(21-11-10-12-22(32)17-21)18-41-31(37)33-27-20(3)35(4)38(30(27)40)23-13-6-5-7-14-23/h5-19H,1-4H3. The van der Waals surface area contributed by atoms with Gasteiger partial charge in [0.05, 0.1) is 22.8 Å². The molecular weight excluding hydrogens is 600 g/mol. The monoisotopic (exact) mass is 626 g/mol. The quantitative estimate of drug-likeness (QED) is 0.239. The maximum atomic E-state index is 13.7. The van der Waals surface area contributed by atoms with Crippen molar-refractivity contribution in [1.29, 1.82) is 0 Å². The van der Waals surface area contributed by atoms with Gasteiger partial charge >= 0.3 is 0 Å². The van der Waals surface area contributed by atoms with E-state index in [0.717, 1.165) is 32.7 Å². The number of carbonyl (C=O) groups excluding carboxylic acids is 1. The molecule has 3 aromatic carbocycles. The van der Waals surface area contributed by atoms with Crippen LogP contribution in [0.2, 0.25) is 0 Å². The molecule has 0 fully saturated rings. The van der Waals surface area contributed by atoms with E-state index in [1.807, 2.05) is 112 Å². The molecule has 0 saturated heterocycles. The fourth-order valence-corrected chi connectivity index (χ4v) is 6.27. The van der Waals surface area contributed by atoms with Crippen LogP contribution in [0.5, 0.6) is 0 Å². The van der Waals surface area contributed by atoms with Crippen molar-refractivity contribution in [3.05, 3.63) is 115 Å². The van der Waals surface area contributed by atoms with Crippen LogP contribution in [0, 0.1) is 6.92 Å². The number of nitrogens with zero attached hydrogens (tertiary/aromatic N) is 6. The number of hydrogen-bond acceptors (Lipinski definition) is 5. The molecular formula is C31H27BrN6O2S. The highest BCUT2D eigenvalue weighted by atomic mass is 79.9. The topological polar surface area (TPSA) is 76.9 Å². The van der Waals surface area contributed by atoms with Crippen molar-refractivity contribution in [3.8, 4) is 16.9 Å². The van der Waals surface area contributed by atoms with E-state index in [4.69, 9.17) is 10.1 Å². The molecule has 0 unspecified atom stereocenters. The lowest BCUT2D eigenvalue weighted by atomic mass is 10.1. The largest absolute Gasteiger partial charge is 0.304 e. The number of para-hydroxylation sites is 2. The molecule has 10 heteroatoms. The first-order valence-corrected chi connectivity index (χ1v) is 14.8. The van der Waals surface area contributed by atoms with Gasteiger partial charge in [-0.1, -0.05) is 64.5 Å². The minimum atomic E-state index is -0.235. The lowest BCUT2D eigenvalue weighted by molar-refractivity contribution is -0.112. The highest BCUT2D eigenvalue weighted by Crippen LogP contribution is 2.32. The lowest BCUT2D eigenvalue weighted by Gasteiger charge is -2.20. The lowest BCUT2D eigenvalue weighted by Crippen LogP contribution is -2.36. The van der Waals surface area contributed by atoms with Crippen LogP contribution in [-0.4, -0.2) is 31.7 Å². The third-order valence-electron chi connectivity index (χ3n) is 7.09. The summed E-state index contributed by atoms with van der Waals surface area (Å²) in [6, 6.07) is 25.0. The first-order valence-electron chi connectivity index (χ1n) is 13.1. The SMILES string of the molecule is Cc1c(N=c2scc(-c3cccc(Br)c3)n2N=C2C(=O)N(C(C)C)c3ccccc32)c(=O)n(-c2ccccc2)n1C. The van der Waals surface area contributed by atoms with Gasteiger partial charge in [0.25, 0.3) is 11.5 Å². The molecule has 0 aliphatic carbocycles. The summed E-state index contributed by atoms with van der Waals surface area (Å²) in [5, 5.41) is 6.90. The Kier molecular flexibility index (Phi) is 6.96. The second-order valence-electron chi connectivity index (χ2n) is 9.98. The van der Waals surface area contributed by atoms with Gasteiger partial charge in [0.15, 0.2) is 11.4 Å². The summed E-state index contributed by atoms with van der Waals surface area (Å²) in [6.07, 6.45) is 0. The summed E-state index contributed by atoms with van der Waals surface area (Å²) in [4.78, 5) is 34.5. The minimum absolute atomic E-state index is 0.0408. The molecule has 1 aliphatic rings. The number of carbonyl (C=O) groups is 1. The Morgan fingerprint density at radius 2 is 1.66 bits per heavy atom. The van der Waals surface area contributed by atoms with E-state index >= 15 is 0 Å². The Hall–Kier alpha value is -4.28. The fraction of sp³-hybridized carbons (Fsp3) is 0.161. The van der Waals surface area contributed by atoms with Crippen molar-refractivity contribution < 1.29 is 4.79 Å². The number of amides is 1. The number of anilines is 1. The van der Waals surface area contributed by atoms with Gasteiger partial charge in [0.2, 0.25) is 4.80 Å². The molecule has 0 N–H and O–H groups in total. The van der Waals surface area contributed by atoms with Gasteiger partial charge in [0.1, 0.15) is 0 Å². The van der Waals surface area contributed by atoms with Crippen LogP contribution in [0.25, 0.3) is 16.9 Å². The van der Waals surface area contributed by atoms with Gasteiger partial charge in [-0.05, 0) is 51.1 Å². The Balaban J connectivity index is 1.61. The molecule has 1 amide bonds. The van der Waals surface area contributed by atoms with Crippen LogP contribution < -0.4 is 15.3 Å². The van der Waals surface area contributed by atoms with Crippen molar-refractivity contribution >= 4 is 50.3 Å². The molecule has 8 nitrogen and oxygen atoms in total. The predicted octanol–water partition coefficient (Wildman–Crippen LogP) is 6.02. The van der Waals surface area contributed by atoms with Crippen molar-refractivity contribution in [2.45, 2.75) is 26.8 Å². The van der Waals surface area contributed by atoms with E-state index in [-0.39, 0.29) is 17.5 Å². The number of aromatic nitrogens is 3. The summed E-state index contributed by atoms with van der Waals surface area (Å²) >= 11 is 4.93. The van der Waals surface area contributed by atoms with Gasteiger partial charge in [-0.2, -0.15) is 5.10 Å². The summed E-state index contributed by atoms with van der Waals surface area (Å²) in [6.45, 7) is 5.84. The average molecular weight is 628 g/mol. The van der Waals surface area contributed by atoms with E-state index < -0.39 is 0 Å². The summed E-state index contributed by atoms with van der Waals surface area (Å²) in [5.74, 6) is -0.173. The van der Waals surface area contributed by atoms with Crippen molar-refractivity contribution in [2.75, 3.05) is 4.90 Å². The Morgan fingerprint density at radius 1 is 0.927 bits per heavy atom. The molecule has 0 atom stereocenters. The van der Waals surface area contributed by atoms with Crippen molar-refractivity contribution in [3.63, 3.8) is 0 Å². The molecule has 6 rings (SSSR count). The van der Waals surface area contributed by atoms with Crippen LogP contribution in [-0.2, 0) is 11.8 Å². The zero-order chi connectivity index (χ0) is 28.8. The molecule has 2 aromatic heterocycles. The van der Waals surface area contributed by atoms with Crippen LogP contribution >= 0.6 is 27.3 Å². The molecule has 206 valence electrons. The Bertz CT molecular complexity index is 1960. The summed E-state index contributed by atoms with van der Waals surface area (Å²) < 4.78 is 5.99. The van der Waals surface area contributed by atoms with Crippen LogP contribution in [0.3, 0.4) is 0 Å². The molecule has 41 heavy (non-hydrogen) atoms. The van der Waals surface area contributed by atoms with E-state index in [2.05, 4.69) is 15.9 Å². The number of rotatable bonds is 5. The van der Waals surface area contributed by atoms with Crippen LogP contribution in [0.15, 0.2) is 104 Å². The van der Waals surface area contributed by atoms with Gasteiger partial charge in [-0.25, -0.2) is 14.4 Å². The maximum Gasteiger partial charge on any atom is 0.297 e. The molecule has 0 radical (unpaired) electrons. The van der Waals surface area contributed by atoms with E-state index in [1.54, 1.807) is 18.9 Å². The Morgan fingerprint density at radius 3 is 2.39 bits per heavy atom. The smallest absolute Gasteiger partial charge is 0.297 e. The predicted molar refractivity (Wildman–Crippen MR) is 167 cm³/mol. The average Bonchev–Trinajstić information content (AvgIpc) is 3.56. The normalized spacial score (nSPS) is 14.5. The molecule has 1 aliphatic heterocycles. The van der Waals surface area contributed by atoms with Crippen LogP contribution in [0.4, 0.5) is 11.4 Å². The molecule has 0 spiro atoms. The highest BCUT2D eigenvalue weighted by molar-refractivity contribution is 9.10. The first-order chi connectivity index (χ1) is 19.8. The number of halogens is 1. The number of thiazole rings is 1. The maximum absolute atomic E-state index is 13.7. The Labute approximate surface area is 249 Å². The molecule has 0 bridgehead atoms.